The molecule has 3 aromatic rings. The Bertz CT molecular complexity index is 1230. The molecular formula is C26H25BrClN3O4. The highest BCUT2D eigenvalue weighted by Gasteiger charge is 2.13. The average Bonchev–Trinajstić information content (AvgIpc) is 2.84. The van der Waals surface area contributed by atoms with Gasteiger partial charge in [0.05, 0.1) is 17.8 Å². The van der Waals surface area contributed by atoms with Crippen LogP contribution < -0.4 is 20.2 Å². The van der Waals surface area contributed by atoms with Crippen molar-refractivity contribution in [3.8, 4) is 11.5 Å². The second-order valence-electron chi connectivity index (χ2n) is 7.44. The molecule has 9 heteroatoms. The Balaban J connectivity index is 1.58. The normalized spacial score (nSPS) is 10.7. The molecule has 182 valence electrons. The first kappa shape index (κ1) is 26.2. The summed E-state index contributed by atoms with van der Waals surface area (Å²) in [5, 5.41) is 7.32. The highest BCUT2D eigenvalue weighted by Crippen LogP contribution is 2.37. The van der Waals surface area contributed by atoms with Gasteiger partial charge in [-0.2, -0.15) is 5.10 Å². The lowest BCUT2D eigenvalue weighted by Crippen LogP contribution is -2.25. The van der Waals surface area contributed by atoms with Gasteiger partial charge in [-0.15, -0.1) is 0 Å². The molecule has 0 radical (unpaired) electrons. The number of methoxy groups -OCH3 is 1. The van der Waals surface area contributed by atoms with Crippen LogP contribution in [-0.2, 0) is 22.6 Å². The lowest BCUT2D eigenvalue weighted by atomic mass is 10.1. The minimum Gasteiger partial charge on any atom is -0.493 e. The second kappa shape index (κ2) is 12.9. The molecule has 35 heavy (non-hydrogen) atoms. The van der Waals surface area contributed by atoms with Crippen molar-refractivity contribution in [2.45, 2.75) is 26.4 Å². The number of ether oxygens (including phenoxy) is 2. The van der Waals surface area contributed by atoms with E-state index in [4.69, 9.17) is 21.1 Å². The van der Waals surface area contributed by atoms with Crippen LogP contribution in [0.1, 0.15) is 30.0 Å². The number of carbonyl (C=O) groups excluding carboxylic acids is 2. The summed E-state index contributed by atoms with van der Waals surface area (Å²) < 4.78 is 12.0. The van der Waals surface area contributed by atoms with E-state index in [1.165, 1.54) is 13.3 Å². The van der Waals surface area contributed by atoms with Gasteiger partial charge in [0.2, 0.25) is 11.8 Å². The van der Waals surface area contributed by atoms with E-state index < -0.39 is 11.8 Å². The van der Waals surface area contributed by atoms with Crippen LogP contribution in [0.4, 0.5) is 5.69 Å². The van der Waals surface area contributed by atoms with Crippen molar-refractivity contribution in [1.29, 1.82) is 0 Å². The third kappa shape index (κ3) is 7.56. The van der Waals surface area contributed by atoms with E-state index in [1.54, 1.807) is 24.3 Å². The number of carbonyl (C=O) groups is 2. The number of hydrazone groups is 1. The van der Waals surface area contributed by atoms with Crippen molar-refractivity contribution in [2.24, 2.45) is 5.10 Å². The molecule has 0 heterocycles. The molecule has 0 bridgehead atoms. The summed E-state index contributed by atoms with van der Waals surface area (Å²) in [6, 6.07) is 18.4. The minimum atomic E-state index is -0.529. The van der Waals surface area contributed by atoms with E-state index in [2.05, 4.69) is 31.8 Å². The number of anilines is 1. The molecule has 0 saturated carbocycles. The van der Waals surface area contributed by atoms with Gasteiger partial charge < -0.3 is 14.8 Å². The third-order valence-electron chi connectivity index (χ3n) is 4.98. The predicted molar refractivity (Wildman–Crippen MR) is 141 cm³/mol. The Morgan fingerprint density at radius 1 is 1.06 bits per heavy atom. The topological polar surface area (TPSA) is 89.0 Å². The Hall–Kier alpha value is -3.36. The number of nitrogens with zero attached hydrogens (tertiary/aromatic N) is 1. The smallest absolute Gasteiger partial charge is 0.249 e. The van der Waals surface area contributed by atoms with Gasteiger partial charge in [0, 0.05) is 16.3 Å². The summed E-state index contributed by atoms with van der Waals surface area (Å²) in [5.41, 5.74) is 5.57. The van der Waals surface area contributed by atoms with Crippen LogP contribution in [0, 0.1) is 0 Å². The number of hydrogen-bond donors (Lipinski definition) is 2. The van der Waals surface area contributed by atoms with E-state index in [0.717, 1.165) is 17.5 Å². The molecule has 0 spiro atoms. The molecule has 0 aromatic heterocycles. The van der Waals surface area contributed by atoms with Crippen molar-refractivity contribution < 1.29 is 19.1 Å². The fourth-order valence-corrected chi connectivity index (χ4v) is 3.99. The number of benzene rings is 3. The number of halogens is 2. The Morgan fingerprint density at radius 3 is 2.49 bits per heavy atom. The number of aryl methyl sites for hydroxylation is 1. The number of hydrogen-bond acceptors (Lipinski definition) is 5. The largest absolute Gasteiger partial charge is 0.493 e. The summed E-state index contributed by atoms with van der Waals surface area (Å²) in [4.78, 5) is 24.3. The van der Waals surface area contributed by atoms with Gasteiger partial charge in [-0.25, -0.2) is 5.43 Å². The number of nitrogens with one attached hydrogen (secondary N) is 2. The highest BCUT2D eigenvalue weighted by atomic mass is 79.9. The Kier molecular flexibility index (Phi) is 9.69. The van der Waals surface area contributed by atoms with Crippen molar-refractivity contribution >= 4 is 51.2 Å². The molecule has 3 aromatic carbocycles. The van der Waals surface area contributed by atoms with Crippen LogP contribution in [0.5, 0.6) is 11.5 Å². The van der Waals surface area contributed by atoms with Gasteiger partial charge in [-0.1, -0.05) is 54.9 Å². The van der Waals surface area contributed by atoms with Crippen LogP contribution in [0.25, 0.3) is 0 Å². The summed E-state index contributed by atoms with van der Waals surface area (Å²) in [6.45, 7) is 2.26. The van der Waals surface area contributed by atoms with Gasteiger partial charge >= 0.3 is 0 Å². The van der Waals surface area contributed by atoms with Gasteiger partial charge in [0.25, 0.3) is 0 Å². The molecule has 7 nitrogen and oxygen atoms in total. The van der Waals surface area contributed by atoms with E-state index in [-0.39, 0.29) is 13.0 Å². The van der Waals surface area contributed by atoms with Crippen LogP contribution in [0.15, 0.2) is 70.2 Å². The van der Waals surface area contributed by atoms with E-state index in [1.807, 2.05) is 43.3 Å². The van der Waals surface area contributed by atoms with Crippen molar-refractivity contribution in [3.63, 3.8) is 0 Å². The molecular weight excluding hydrogens is 534 g/mol. The molecule has 0 aliphatic rings. The predicted octanol–water partition coefficient (Wildman–Crippen LogP) is 5.73. The average molecular weight is 559 g/mol. The first-order chi connectivity index (χ1) is 16.9. The summed E-state index contributed by atoms with van der Waals surface area (Å²) in [5.74, 6) is 0.0484. The molecule has 0 aliphatic heterocycles. The van der Waals surface area contributed by atoms with E-state index in [0.29, 0.717) is 32.2 Å². The molecule has 0 unspecified atom stereocenters. The monoisotopic (exact) mass is 557 g/mol. The lowest BCUT2D eigenvalue weighted by Gasteiger charge is -2.14. The van der Waals surface area contributed by atoms with Gasteiger partial charge in [0.15, 0.2) is 11.5 Å². The van der Waals surface area contributed by atoms with Crippen LogP contribution in [0.3, 0.4) is 0 Å². The van der Waals surface area contributed by atoms with Gasteiger partial charge in [0.1, 0.15) is 13.0 Å². The zero-order valence-electron chi connectivity index (χ0n) is 19.3. The highest BCUT2D eigenvalue weighted by molar-refractivity contribution is 9.10. The van der Waals surface area contributed by atoms with Crippen molar-refractivity contribution in [1.82, 2.24) is 5.43 Å². The first-order valence-corrected chi connectivity index (χ1v) is 12.0. The van der Waals surface area contributed by atoms with Crippen molar-refractivity contribution in [2.75, 3.05) is 12.4 Å². The molecule has 0 saturated heterocycles. The molecule has 2 amide bonds. The second-order valence-corrected chi connectivity index (χ2v) is 8.70. The summed E-state index contributed by atoms with van der Waals surface area (Å²) in [7, 11) is 1.53. The molecule has 0 fully saturated rings. The molecule has 3 rings (SSSR count). The first-order valence-electron chi connectivity index (χ1n) is 10.8. The lowest BCUT2D eigenvalue weighted by molar-refractivity contribution is -0.126. The quantitative estimate of drug-likeness (QED) is 0.189. The van der Waals surface area contributed by atoms with Crippen LogP contribution in [0.2, 0.25) is 5.02 Å². The third-order valence-corrected chi connectivity index (χ3v) is 5.94. The zero-order chi connectivity index (χ0) is 25.2. The molecule has 2 N–H and O–H groups in total. The van der Waals surface area contributed by atoms with Gasteiger partial charge in [-0.05, 0) is 57.7 Å². The van der Waals surface area contributed by atoms with Crippen LogP contribution >= 0.6 is 27.5 Å². The summed E-state index contributed by atoms with van der Waals surface area (Å²) >= 11 is 9.69. The molecule has 0 atom stereocenters. The Morgan fingerprint density at radius 2 is 1.77 bits per heavy atom. The number of rotatable bonds is 10. The molecule has 0 aliphatic carbocycles. The zero-order valence-corrected chi connectivity index (χ0v) is 21.7. The van der Waals surface area contributed by atoms with Crippen molar-refractivity contribution in [3.05, 3.63) is 86.8 Å². The fourth-order valence-electron chi connectivity index (χ4n) is 3.23. The maximum Gasteiger partial charge on any atom is 0.249 e. The SMILES string of the molecule is CCc1ccccc1NC(=O)CC(=O)NN=Cc1cc(Br)c(OCc2ccccc2Cl)c(OC)c1. The van der Waals surface area contributed by atoms with Crippen LogP contribution in [-0.4, -0.2) is 25.1 Å². The van der Waals surface area contributed by atoms with E-state index >= 15 is 0 Å². The summed E-state index contributed by atoms with van der Waals surface area (Å²) in [6.07, 6.45) is 1.88. The number of amides is 2. The van der Waals surface area contributed by atoms with E-state index in [9.17, 15) is 9.59 Å². The number of para-hydroxylation sites is 1. The minimum absolute atomic E-state index is 0.267. The maximum atomic E-state index is 12.2. The Labute approximate surface area is 217 Å². The van der Waals surface area contributed by atoms with Gasteiger partial charge in [-0.3, -0.25) is 9.59 Å². The maximum absolute atomic E-state index is 12.2. The fraction of sp³-hybridized carbons (Fsp3) is 0.192. The standard InChI is InChI=1S/C26H25BrClN3O4/c1-3-18-8-5-7-11-22(18)30-24(32)14-25(33)31-29-15-17-12-20(27)26(23(13-17)34-2)35-16-19-9-4-6-10-21(19)28/h4-13,15H,3,14,16H2,1-2H3,(H,30,32)(H,31,33).